The molecule has 0 fully saturated rings. The minimum Gasteiger partial charge on any atom is -0.0845 e. The molecule has 0 aromatic heterocycles. The molecule has 1 radical (unpaired) electrons. The van der Waals surface area contributed by atoms with E-state index in [1.807, 2.05) is 0 Å². The smallest absolute Gasteiger partial charge is 0.0276 e. The van der Waals surface area contributed by atoms with Gasteiger partial charge in [-0.05, 0) is 31.8 Å². The average Bonchev–Trinajstić information content (AvgIpc) is 2.76. The second kappa shape index (κ2) is 24.0. The predicted molar refractivity (Wildman–Crippen MR) is 137 cm³/mol. The van der Waals surface area contributed by atoms with Gasteiger partial charge in [0.05, 0.1) is 0 Å². The molecule has 0 amide bonds. The summed E-state index contributed by atoms with van der Waals surface area (Å²) in [5.41, 5.74) is 0. The number of hydrogen-bond donors (Lipinski definition) is 0. The molecule has 0 aromatic rings. The molecule has 1 rings (SSSR count). The molecule has 0 aromatic carbocycles. The maximum Gasteiger partial charge on any atom is -0.0276 e. The van der Waals surface area contributed by atoms with E-state index in [2.05, 4.69) is 60.8 Å². The maximum absolute atomic E-state index is 3.39. The maximum atomic E-state index is 3.39. The van der Waals surface area contributed by atoms with Gasteiger partial charge in [0.15, 0.2) is 0 Å². The lowest BCUT2D eigenvalue weighted by atomic mass is 10.0. The van der Waals surface area contributed by atoms with Gasteiger partial charge in [0.2, 0.25) is 0 Å². The zero-order valence-electron chi connectivity index (χ0n) is 19.8. The van der Waals surface area contributed by atoms with Gasteiger partial charge in [0, 0.05) is 0 Å². The standard InChI is InChI=1S/C30H49/c1-2-4-6-8-10-12-14-16-18-20-22-24-26-28-30-29-27-25-23-21-19-17-15-13-11-9-7-5-3-1/h1-9H,10,12-30H2/b3-1-,4-2-,7-5-,8-6-,11-9?. The van der Waals surface area contributed by atoms with Crippen molar-refractivity contribution in [3.63, 3.8) is 0 Å². The molecule has 169 valence electrons. The van der Waals surface area contributed by atoms with E-state index in [0.717, 1.165) is 6.42 Å². The molecule has 0 heteroatoms. The van der Waals surface area contributed by atoms with Crippen LogP contribution in [0.5, 0.6) is 0 Å². The van der Waals surface area contributed by atoms with E-state index >= 15 is 0 Å². The third kappa shape index (κ3) is 21.4. The molecule has 0 unspecified atom stereocenters. The van der Waals surface area contributed by atoms with Gasteiger partial charge in [-0.3, -0.25) is 0 Å². The molecule has 0 N–H and O–H groups in total. The van der Waals surface area contributed by atoms with Crippen LogP contribution >= 0.6 is 0 Å². The molecule has 0 atom stereocenters. The Balaban J connectivity index is 2.20. The van der Waals surface area contributed by atoms with Crippen molar-refractivity contribution in [3.05, 3.63) is 60.8 Å². The van der Waals surface area contributed by atoms with Crippen LogP contribution in [0.2, 0.25) is 0 Å². The minimum atomic E-state index is 1.10. The monoisotopic (exact) mass is 409 g/mol. The normalized spacial score (nSPS) is 26.7. The Morgan fingerprint density at radius 1 is 0.333 bits per heavy atom. The van der Waals surface area contributed by atoms with E-state index < -0.39 is 0 Å². The first-order valence-corrected chi connectivity index (χ1v) is 13.2. The summed E-state index contributed by atoms with van der Waals surface area (Å²) in [4.78, 5) is 0. The Morgan fingerprint density at radius 3 is 1.20 bits per heavy atom. The van der Waals surface area contributed by atoms with Crippen molar-refractivity contribution >= 4 is 0 Å². The van der Waals surface area contributed by atoms with E-state index in [1.165, 1.54) is 122 Å². The lowest BCUT2D eigenvalue weighted by Crippen LogP contribution is -1.84. The molecule has 0 nitrogen and oxygen atoms in total. The van der Waals surface area contributed by atoms with Crippen LogP contribution in [-0.2, 0) is 0 Å². The lowest BCUT2D eigenvalue weighted by Gasteiger charge is -2.04. The van der Waals surface area contributed by atoms with Crippen LogP contribution in [-0.4, -0.2) is 0 Å². The summed E-state index contributed by atoms with van der Waals surface area (Å²) in [5.74, 6) is 0. The van der Waals surface area contributed by atoms with Crippen molar-refractivity contribution in [2.45, 2.75) is 128 Å². The molecule has 1 aliphatic carbocycles. The number of hydrogen-bond acceptors (Lipinski definition) is 0. The van der Waals surface area contributed by atoms with Crippen molar-refractivity contribution in [1.82, 2.24) is 0 Å². The van der Waals surface area contributed by atoms with Crippen LogP contribution in [0.3, 0.4) is 0 Å². The topological polar surface area (TPSA) is 0 Å². The van der Waals surface area contributed by atoms with Crippen molar-refractivity contribution in [2.24, 2.45) is 0 Å². The molecule has 0 saturated carbocycles. The van der Waals surface area contributed by atoms with Gasteiger partial charge in [-0.15, -0.1) is 0 Å². The Labute approximate surface area is 189 Å². The largest absolute Gasteiger partial charge is 0.0845 e. The van der Waals surface area contributed by atoms with Crippen molar-refractivity contribution in [2.75, 3.05) is 0 Å². The second-order valence-corrected chi connectivity index (χ2v) is 8.86. The fourth-order valence-corrected chi connectivity index (χ4v) is 4.02. The molecule has 0 spiro atoms. The summed E-state index contributed by atoms with van der Waals surface area (Å²) in [7, 11) is 0. The summed E-state index contributed by atoms with van der Waals surface area (Å²) in [6.07, 6.45) is 50.5. The molecule has 30 heavy (non-hydrogen) atoms. The Hall–Kier alpha value is -1.30. The van der Waals surface area contributed by atoms with Gasteiger partial charge in [0.25, 0.3) is 0 Å². The van der Waals surface area contributed by atoms with Crippen LogP contribution in [0.25, 0.3) is 0 Å². The summed E-state index contributed by atoms with van der Waals surface area (Å²) >= 11 is 0. The van der Waals surface area contributed by atoms with Crippen LogP contribution in [0.4, 0.5) is 0 Å². The predicted octanol–water partition coefficient (Wildman–Crippen LogP) is 10.4. The highest BCUT2D eigenvalue weighted by Gasteiger charge is 1.95. The molecule has 0 saturated heterocycles. The van der Waals surface area contributed by atoms with Crippen LogP contribution < -0.4 is 0 Å². The van der Waals surface area contributed by atoms with Gasteiger partial charge < -0.3 is 0 Å². The highest BCUT2D eigenvalue weighted by molar-refractivity contribution is 5.17. The Kier molecular flexibility index (Phi) is 21.4. The second-order valence-electron chi connectivity index (χ2n) is 8.86. The zero-order chi connectivity index (χ0) is 21.2. The lowest BCUT2D eigenvalue weighted by molar-refractivity contribution is 0.524. The molecule has 0 bridgehead atoms. The third-order valence-electron chi connectivity index (χ3n) is 5.96. The van der Waals surface area contributed by atoms with E-state index in [1.54, 1.807) is 0 Å². The Bertz CT molecular complexity index is 430. The van der Waals surface area contributed by atoms with Gasteiger partial charge in [-0.1, -0.05) is 157 Å². The van der Waals surface area contributed by atoms with Crippen LogP contribution in [0, 0.1) is 6.08 Å². The highest BCUT2D eigenvalue weighted by atomic mass is 14.0. The SMILES string of the molecule is [C]1=C/C=C\C=C/C=C\C=C/CCCCCCCCCCCCCCCCCCCC\1. The number of allylic oxidation sites excluding steroid dienone is 10. The van der Waals surface area contributed by atoms with Gasteiger partial charge in [-0.2, -0.15) is 0 Å². The summed E-state index contributed by atoms with van der Waals surface area (Å²) in [6, 6.07) is 0. The summed E-state index contributed by atoms with van der Waals surface area (Å²) < 4.78 is 0. The first-order valence-electron chi connectivity index (χ1n) is 13.2. The van der Waals surface area contributed by atoms with Gasteiger partial charge in [-0.25, -0.2) is 0 Å². The number of rotatable bonds is 0. The van der Waals surface area contributed by atoms with E-state index in [4.69, 9.17) is 0 Å². The first kappa shape index (κ1) is 26.7. The van der Waals surface area contributed by atoms with E-state index in [-0.39, 0.29) is 0 Å². The molecule has 0 heterocycles. The van der Waals surface area contributed by atoms with Crippen molar-refractivity contribution in [3.8, 4) is 0 Å². The molecule has 1 aliphatic rings. The first-order chi connectivity index (χ1) is 15.0. The third-order valence-corrected chi connectivity index (χ3v) is 5.96. The zero-order valence-corrected chi connectivity index (χ0v) is 19.8. The molecular weight excluding hydrogens is 360 g/mol. The Morgan fingerprint density at radius 2 is 0.700 bits per heavy atom. The van der Waals surface area contributed by atoms with Gasteiger partial charge in [0.1, 0.15) is 0 Å². The van der Waals surface area contributed by atoms with E-state index in [0.29, 0.717) is 0 Å². The quantitative estimate of drug-likeness (QED) is 0.373. The average molecular weight is 410 g/mol. The fourth-order valence-electron chi connectivity index (χ4n) is 4.02. The summed E-state index contributed by atoms with van der Waals surface area (Å²) in [5, 5.41) is 0. The minimum absolute atomic E-state index is 1.10. The van der Waals surface area contributed by atoms with Gasteiger partial charge >= 0.3 is 0 Å². The van der Waals surface area contributed by atoms with E-state index in [9.17, 15) is 0 Å². The fraction of sp³-hybridized carbons (Fsp3) is 0.667. The van der Waals surface area contributed by atoms with Crippen LogP contribution in [0.1, 0.15) is 128 Å². The highest BCUT2D eigenvalue weighted by Crippen LogP contribution is 2.15. The summed E-state index contributed by atoms with van der Waals surface area (Å²) in [6.45, 7) is 0. The van der Waals surface area contributed by atoms with Crippen molar-refractivity contribution < 1.29 is 0 Å². The molecule has 0 aliphatic heterocycles. The van der Waals surface area contributed by atoms with Crippen LogP contribution in [0.15, 0.2) is 54.7 Å². The molecular formula is C30H49. The van der Waals surface area contributed by atoms with Crippen molar-refractivity contribution in [1.29, 1.82) is 0 Å².